The predicted molar refractivity (Wildman–Crippen MR) is 131 cm³/mol. The Labute approximate surface area is 204 Å². The van der Waals surface area contributed by atoms with Crippen LogP contribution in [0.4, 0.5) is 4.39 Å². The highest BCUT2D eigenvalue weighted by molar-refractivity contribution is 6.30. The van der Waals surface area contributed by atoms with Crippen molar-refractivity contribution < 1.29 is 18.7 Å². The number of ether oxygens (including phenoxy) is 1. The minimum atomic E-state index is -0.861. The molecule has 34 heavy (non-hydrogen) atoms. The summed E-state index contributed by atoms with van der Waals surface area (Å²) in [4.78, 5) is 28.0. The van der Waals surface area contributed by atoms with Crippen molar-refractivity contribution in [2.24, 2.45) is 0 Å². The number of rotatable bonds is 10. The maximum absolute atomic E-state index is 14.5. The number of nitrogens with one attached hydrogen (secondary N) is 1. The second-order valence-corrected chi connectivity index (χ2v) is 8.66. The van der Waals surface area contributed by atoms with Crippen molar-refractivity contribution in [3.63, 3.8) is 0 Å². The average molecular weight is 483 g/mol. The zero-order chi connectivity index (χ0) is 24.5. The van der Waals surface area contributed by atoms with Gasteiger partial charge in [-0.25, -0.2) is 4.39 Å². The van der Waals surface area contributed by atoms with Crippen LogP contribution in [0.3, 0.4) is 0 Å². The van der Waals surface area contributed by atoms with Crippen LogP contribution in [-0.2, 0) is 22.6 Å². The van der Waals surface area contributed by atoms with Gasteiger partial charge in [-0.2, -0.15) is 0 Å². The highest BCUT2D eigenvalue weighted by atomic mass is 35.5. The molecule has 0 fully saturated rings. The molecular weight excluding hydrogens is 455 g/mol. The van der Waals surface area contributed by atoms with Crippen LogP contribution in [0.25, 0.3) is 0 Å². The van der Waals surface area contributed by atoms with E-state index in [9.17, 15) is 14.0 Å². The van der Waals surface area contributed by atoms with Gasteiger partial charge < -0.3 is 15.0 Å². The maximum Gasteiger partial charge on any atom is 0.261 e. The smallest absolute Gasteiger partial charge is 0.261 e. The Balaban J connectivity index is 1.92. The number of benzene rings is 3. The number of hydrogen-bond donors (Lipinski definition) is 1. The Hall–Kier alpha value is -3.38. The van der Waals surface area contributed by atoms with Crippen LogP contribution >= 0.6 is 11.6 Å². The second-order valence-electron chi connectivity index (χ2n) is 8.23. The second kappa shape index (κ2) is 12.2. The highest BCUT2D eigenvalue weighted by Crippen LogP contribution is 2.19. The molecule has 0 bridgehead atoms. The molecule has 0 aromatic heterocycles. The Kier molecular flexibility index (Phi) is 9.05. The first kappa shape index (κ1) is 25.2. The molecule has 0 aliphatic heterocycles. The van der Waals surface area contributed by atoms with Crippen LogP contribution in [-0.4, -0.2) is 35.4 Å². The van der Waals surface area contributed by atoms with Crippen molar-refractivity contribution in [1.29, 1.82) is 0 Å². The fourth-order valence-corrected chi connectivity index (χ4v) is 3.71. The molecule has 178 valence electrons. The van der Waals surface area contributed by atoms with Crippen molar-refractivity contribution >= 4 is 23.4 Å². The summed E-state index contributed by atoms with van der Waals surface area (Å²) in [6, 6.07) is 21.4. The van der Waals surface area contributed by atoms with E-state index in [2.05, 4.69) is 5.32 Å². The number of amides is 2. The molecule has 0 heterocycles. The maximum atomic E-state index is 14.5. The number of halogens is 2. The third-order valence-electron chi connectivity index (χ3n) is 5.16. The Bertz CT molecular complexity index is 1110. The third kappa shape index (κ3) is 7.32. The van der Waals surface area contributed by atoms with E-state index in [0.717, 1.165) is 5.56 Å². The van der Waals surface area contributed by atoms with Gasteiger partial charge in [0.05, 0.1) is 0 Å². The standard InChI is InChI=1S/C27H28ClFN2O3/c1-19(2)30-27(33)25(15-20-9-4-3-5-10-20)31(17-21-11-6-7-14-24(21)29)26(32)18-34-23-13-8-12-22(28)16-23/h3-14,16,19,25H,15,17-18H2,1-2H3,(H,30,33)/t25-/m1/s1. The number of nitrogens with zero attached hydrogens (tertiary/aromatic N) is 1. The van der Waals surface area contributed by atoms with Gasteiger partial charge in [-0.3, -0.25) is 9.59 Å². The van der Waals surface area contributed by atoms with Crippen LogP contribution in [0.15, 0.2) is 78.9 Å². The van der Waals surface area contributed by atoms with E-state index in [1.165, 1.54) is 11.0 Å². The Morgan fingerprint density at radius 3 is 2.38 bits per heavy atom. The quantitative estimate of drug-likeness (QED) is 0.441. The number of carbonyl (C=O) groups excluding carboxylic acids is 2. The summed E-state index contributed by atoms with van der Waals surface area (Å²) in [7, 11) is 0. The van der Waals surface area contributed by atoms with Crippen LogP contribution in [0.2, 0.25) is 5.02 Å². The van der Waals surface area contributed by atoms with E-state index < -0.39 is 17.8 Å². The summed E-state index contributed by atoms with van der Waals surface area (Å²) in [5.41, 5.74) is 1.20. The van der Waals surface area contributed by atoms with Crippen LogP contribution in [0.5, 0.6) is 5.75 Å². The van der Waals surface area contributed by atoms with E-state index >= 15 is 0 Å². The molecule has 3 aromatic rings. The zero-order valence-electron chi connectivity index (χ0n) is 19.2. The molecule has 5 nitrogen and oxygen atoms in total. The average Bonchev–Trinajstić information content (AvgIpc) is 2.81. The molecule has 2 amide bonds. The lowest BCUT2D eigenvalue weighted by Gasteiger charge is -2.32. The molecule has 7 heteroatoms. The summed E-state index contributed by atoms with van der Waals surface area (Å²) in [5.74, 6) is -0.772. The summed E-state index contributed by atoms with van der Waals surface area (Å²) < 4.78 is 20.2. The molecule has 0 aliphatic carbocycles. The summed E-state index contributed by atoms with van der Waals surface area (Å²) in [6.45, 7) is 3.30. The van der Waals surface area contributed by atoms with Gasteiger partial charge in [-0.05, 0) is 43.7 Å². The molecule has 1 atom stereocenters. The molecule has 3 rings (SSSR count). The monoisotopic (exact) mass is 482 g/mol. The first-order valence-electron chi connectivity index (χ1n) is 11.1. The van der Waals surface area contributed by atoms with Gasteiger partial charge in [0.15, 0.2) is 6.61 Å². The highest BCUT2D eigenvalue weighted by Gasteiger charge is 2.31. The Morgan fingerprint density at radius 2 is 1.71 bits per heavy atom. The van der Waals surface area contributed by atoms with Crippen molar-refractivity contribution in [3.8, 4) is 5.75 Å². The predicted octanol–water partition coefficient (Wildman–Crippen LogP) is 5.02. The van der Waals surface area contributed by atoms with E-state index in [0.29, 0.717) is 16.3 Å². The van der Waals surface area contributed by atoms with Gasteiger partial charge in [0.2, 0.25) is 5.91 Å². The third-order valence-corrected chi connectivity index (χ3v) is 5.39. The van der Waals surface area contributed by atoms with Crippen LogP contribution in [0, 0.1) is 5.82 Å². The fourth-order valence-electron chi connectivity index (χ4n) is 3.53. The van der Waals surface area contributed by atoms with E-state index in [1.54, 1.807) is 42.5 Å². The van der Waals surface area contributed by atoms with Gasteiger partial charge in [0.1, 0.15) is 17.6 Å². The van der Waals surface area contributed by atoms with Gasteiger partial charge in [0.25, 0.3) is 5.91 Å². The van der Waals surface area contributed by atoms with Crippen molar-refractivity contribution in [3.05, 3.63) is 101 Å². The molecule has 3 aromatic carbocycles. The number of hydrogen-bond acceptors (Lipinski definition) is 3. The Morgan fingerprint density at radius 1 is 1.00 bits per heavy atom. The summed E-state index contributed by atoms with van der Waals surface area (Å²) >= 11 is 6.01. The van der Waals surface area contributed by atoms with E-state index in [4.69, 9.17) is 16.3 Å². The van der Waals surface area contributed by atoms with Gasteiger partial charge in [-0.15, -0.1) is 0 Å². The molecule has 0 aliphatic rings. The zero-order valence-corrected chi connectivity index (χ0v) is 20.0. The van der Waals surface area contributed by atoms with Gasteiger partial charge >= 0.3 is 0 Å². The lowest BCUT2D eigenvalue weighted by Crippen LogP contribution is -2.53. The molecule has 0 spiro atoms. The minimum absolute atomic E-state index is 0.0760. The van der Waals surface area contributed by atoms with E-state index in [1.807, 2.05) is 44.2 Å². The van der Waals surface area contributed by atoms with Crippen molar-refractivity contribution in [1.82, 2.24) is 10.2 Å². The normalized spacial score (nSPS) is 11.7. The van der Waals surface area contributed by atoms with Gasteiger partial charge in [-0.1, -0.05) is 66.2 Å². The minimum Gasteiger partial charge on any atom is -0.484 e. The van der Waals surface area contributed by atoms with Crippen molar-refractivity contribution in [2.75, 3.05) is 6.61 Å². The lowest BCUT2D eigenvalue weighted by molar-refractivity contribution is -0.143. The molecule has 0 unspecified atom stereocenters. The first-order chi connectivity index (χ1) is 16.3. The largest absolute Gasteiger partial charge is 0.484 e. The first-order valence-corrected chi connectivity index (χ1v) is 11.5. The molecule has 0 saturated carbocycles. The summed E-state index contributed by atoms with van der Waals surface area (Å²) in [6.07, 6.45) is 0.275. The van der Waals surface area contributed by atoms with Crippen LogP contribution in [0.1, 0.15) is 25.0 Å². The topological polar surface area (TPSA) is 58.6 Å². The van der Waals surface area contributed by atoms with Crippen LogP contribution < -0.4 is 10.1 Å². The van der Waals surface area contributed by atoms with Gasteiger partial charge in [0, 0.05) is 29.6 Å². The molecular formula is C27H28ClFN2O3. The number of carbonyl (C=O) groups is 2. The lowest BCUT2D eigenvalue weighted by atomic mass is 10.0. The molecule has 1 N–H and O–H groups in total. The SMILES string of the molecule is CC(C)NC(=O)[C@@H](Cc1ccccc1)N(Cc1ccccc1F)C(=O)COc1cccc(Cl)c1. The molecule has 0 saturated heterocycles. The fraction of sp³-hybridized carbons (Fsp3) is 0.259. The molecule has 0 radical (unpaired) electrons. The van der Waals surface area contributed by atoms with E-state index in [-0.39, 0.29) is 31.5 Å². The van der Waals surface area contributed by atoms with Crippen molar-refractivity contribution in [2.45, 2.75) is 38.9 Å². The summed E-state index contributed by atoms with van der Waals surface area (Å²) in [5, 5.41) is 3.37.